The molecule has 0 atom stereocenters. The topological polar surface area (TPSA) is 92.7 Å². The zero-order valence-corrected chi connectivity index (χ0v) is 8.84. The van der Waals surface area contributed by atoms with E-state index in [1.807, 2.05) is 6.07 Å². The van der Waals surface area contributed by atoms with E-state index < -0.39 is 5.91 Å². The first-order chi connectivity index (χ1) is 8.25. The van der Waals surface area contributed by atoms with E-state index in [9.17, 15) is 9.59 Å². The second-order valence-electron chi connectivity index (χ2n) is 3.35. The number of pyridine rings is 1. The highest BCUT2D eigenvalue weighted by Gasteiger charge is 2.21. The van der Waals surface area contributed by atoms with Crippen LogP contribution >= 0.6 is 0 Å². The lowest BCUT2D eigenvalue weighted by Crippen LogP contribution is -2.30. The van der Waals surface area contributed by atoms with Crippen molar-refractivity contribution in [2.75, 3.05) is 0 Å². The molecule has 2 N–H and O–H groups in total. The van der Waals surface area contributed by atoms with Crippen molar-refractivity contribution in [1.29, 1.82) is 0 Å². The molecule has 2 rings (SSSR count). The van der Waals surface area contributed by atoms with E-state index in [1.54, 1.807) is 18.5 Å². The number of hydrogen-bond donors (Lipinski definition) is 2. The summed E-state index contributed by atoms with van der Waals surface area (Å²) in [5.41, 5.74) is 5.33. The number of carbonyl (C=O) groups is 2. The summed E-state index contributed by atoms with van der Waals surface area (Å²) in [6.07, 6.45) is 3.25. The van der Waals surface area contributed by atoms with Crippen LogP contribution in [-0.2, 0) is 21.0 Å². The fourth-order valence-electron chi connectivity index (χ4n) is 1.22. The van der Waals surface area contributed by atoms with Crippen molar-refractivity contribution in [2.24, 2.45) is 5.10 Å². The Morgan fingerprint density at radius 3 is 3.12 bits per heavy atom. The molecule has 2 amide bonds. The molecular weight excluding hydrogens is 224 g/mol. The van der Waals surface area contributed by atoms with E-state index in [0.717, 1.165) is 5.56 Å². The van der Waals surface area contributed by atoms with E-state index in [-0.39, 0.29) is 24.6 Å². The molecule has 17 heavy (non-hydrogen) atoms. The predicted octanol–water partition coefficient (Wildman–Crippen LogP) is -0.495. The Kier molecular flexibility index (Phi) is 3.41. The average molecular weight is 234 g/mol. The Bertz CT molecular complexity index is 458. The number of amides is 2. The normalized spacial score (nSPS) is 14.1. The SMILES string of the molecule is O=C1CC(C(=O)NOCc2cccnc2)=NN1. The second kappa shape index (κ2) is 5.17. The molecule has 0 unspecified atom stereocenters. The van der Waals surface area contributed by atoms with E-state index >= 15 is 0 Å². The van der Waals surface area contributed by atoms with E-state index in [4.69, 9.17) is 4.84 Å². The zero-order valence-electron chi connectivity index (χ0n) is 8.84. The van der Waals surface area contributed by atoms with Gasteiger partial charge in [-0.2, -0.15) is 5.10 Å². The minimum atomic E-state index is -0.521. The second-order valence-corrected chi connectivity index (χ2v) is 3.35. The Balaban J connectivity index is 1.76. The number of hydroxylamine groups is 1. The molecule has 0 fully saturated rings. The summed E-state index contributed by atoms with van der Waals surface area (Å²) < 4.78 is 0. The van der Waals surface area contributed by atoms with Crippen LogP contribution in [0.1, 0.15) is 12.0 Å². The van der Waals surface area contributed by atoms with Gasteiger partial charge in [0.05, 0.1) is 6.42 Å². The van der Waals surface area contributed by atoms with Crippen molar-refractivity contribution in [2.45, 2.75) is 13.0 Å². The Morgan fingerprint density at radius 2 is 2.47 bits per heavy atom. The lowest BCUT2D eigenvalue weighted by Gasteiger charge is -2.04. The molecule has 0 aliphatic carbocycles. The molecule has 0 aromatic carbocycles. The van der Waals surface area contributed by atoms with Crippen LogP contribution in [-0.4, -0.2) is 22.5 Å². The fraction of sp³-hybridized carbons (Fsp3) is 0.200. The lowest BCUT2D eigenvalue weighted by atomic mass is 10.3. The summed E-state index contributed by atoms with van der Waals surface area (Å²) >= 11 is 0. The van der Waals surface area contributed by atoms with Gasteiger partial charge >= 0.3 is 0 Å². The first-order valence-electron chi connectivity index (χ1n) is 4.92. The summed E-state index contributed by atoms with van der Waals surface area (Å²) in [4.78, 5) is 31.1. The Labute approximate surface area is 96.8 Å². The molecule has 0 spiro atoms. The van der Waals surface area contributed by atoms with Crippen LogP contribution in [0.2, 0.25) is 0 Å². The Hall–Kier alpha value is -2.28. The van der Waals surface area contributed by atoms with Gasteiger partial charge in [-0.3, -0.25) is 19.4 Å². The number of carbonyl (C=O) groups excluding carboxylic acids is 2. The zero-order chi connectivity index (χ0) is 12.1. The minimum Gasteiger partial charge on any atom is -0.273 e. The maximum absolute atomic E-state index is 11.4. The minimum absolute atomic E-state index is 0.0257. The highest BCUT2D eigenvalue weighted by atomic mass is 16.6. The number of nitrogens with zero attached hydrogens (tertiary/aromatic N) is 2. The monoisotopic (exact) mass is 234 g/mol. The standard InChI is InChI=1S/C10H10N4O3/c15-9-4-8(12-13-9)10(16)14-17-6-7-2-1-3-11-5-7/h1-3,5H,4,6H2,(H,13,15)(H,14,16). The van der Waals surface area contributed by atoms with Gasteiger partial charge in [0.1, 0.15) is 12.3 Å². The van der Waals surface area contributed by atoms with E-state index in [2.05, 4.69) is 21.0 Å². The smallest absolute Gasteiger partial charge is 0.273 e. The van der Waals surface area contributed by atoms with Gasteiger partial charge in [0.15, 0.2) is 0 Å². The van der Waals surface area contributed by atoms with Gasteiger partial charge < -0.3 is 0 Å². The van der Waals surface area contributed by atoms with Crippen LogP contribution in [0.3, 0.4) is 0 Å². The molecule has 0 saturated heterocycles. The van der Waals surface area contributed by atoms with Crippen molar-refractivity contribution in [3.8, 4) is 0 Å². The largest absolute Gasteiger partial charge is 0.291 e. The molecule has 1 aromatic rings. The van der Waals surface area contributed by atoms with Crippen LogP contribution in [0.25, 0.3) is 0 Å². The van der Waals surface area contributed by atoms with Crippen molar-refractivity contribution in [3.05, 3.63) is 30.1 Å². The molecule has 0 radical (unpaired) electrons. The van der Waals surface area contributed by atoms with Crippen molar-refractivity contribution < 1.29 is 14.4 Å². The number of rotatable bonds is 4. The summed E-state index contributed by atoms with van der Waals surface area (Å²) in [5.74, 6) is -0.824. The highest BCUT2D eigenvalue weighted by Crippen LogP contribution is 1.98. The van der Waals surface area contributed by atoms with Gasteiger partial charge in [-0.1, -0.05) is 6.07 Å². The molecule has 88 valence electrons. The summed E-state index contributed by atoms with van der Waals surface area (Å²) in [6, 6.07) is 3.58. The Morgan fingerprint density at radius 1 is 1.59 bits per heavy atom. The highest BCUT2D eigenvalue weighted by molar-refractivity contribution is 6.42. The summed E-state index contributed by atoms with van der Waals surface area (Å²) in [6.45, 7) is 0.203. The molecule has 0 bridgehead atoms. The summed E-state index contributed by atoms with van der Waals surface area (Å²) in [5, 5.41) is 3.56. The van der Waals surface area contributed by atoms with Crippen molar-refractivity contribution >= 4 is 17.5 Å². The third kappa shape index (κ3) is 3.08. The molecule has 7 nitrogen and oxygen atoms in total. The van der Waals surface area contributed by atoms with Gasteiger partial charge in [0, 0.05) is 12.4 Å². The molecular formula is C10H10N4O3. The van der Waals surface area contributed by atoms with Gasteiger partial charge in [-0.05, 0) is 11.6 Å². The van der Waals surface area contributed by atoms with Crippen LogP contribution < -0.4 is 10.9 Å². The van der Waals surface area contributed by atoms with Gasteiger partial charge in [-0.25, -0.2) is 10.9 Å². The number of nitrogens with one attached hydrogen (secondary N) is 2. The first-order valence-corrected chi connectivity index (χ1v) is 4.92. The quantitative estimate of drug-likeness (QED) is 0.687. The summed E-state index contributed by atoms with van der Waals surface area (Å²) in [7, 11) is 0. The molecule has 1 aliphatic rings. The fourth-order valence-corrected chi connectivity index (χ4v) is 1.22. The molecule has 2 heterocycles. The van der Waals surface area contributed by atoms with Gasteiger partial charge in [0.25, 0.3) is 5.91 Å². The van der Waals surface area contributed by atoms with Crippen molar-refractivity contribution in [3.63, 3.8) is 0 Å². The predicted molar refractivity (Wildman–Crippen MR) is 57.4 cm³/mol. The lowest BCUT2D eigenvalue weighted by molar-refractivity contribution is -0.128. The number of aromatic nitrogens is 1. The third-order valence-electron chi connectivity index (χ3n) is 2.03. The van der Waals surface area contributed by atoms with Crippen LogP contribution in [0.5, 0.6) is 0 Å². The van der Waals surface area contributed by atoms with Gasteiger partial charge in [-0.15, -0.1) is 0 Å². The number of hydrazone groups is 1. The molecule has 7 heteroatoms. The molecule has 1 aromatic heterocycles. The van der Waals surface area contributed by atoms with Crippen LogP contribution in [0.4, 0.5) is 0 Å². The van der Waals surface area contributed by atoms with Crippen LogP contribution in [0.15, 0.2) is 29.6 Å². The molecule has 1 aliphatic heterocycles. The first kappa shape index (κ1) is 11.2. The van der Waals surface area contributed by atoms with E-state index in [1.165, 1.54) is 0 Å². The van der Waals surface area contributed by atoms with E-state index in [0.29, 0.717) is 0 Å². The van der Waals surface area contributed by atoms with Crippen molar-refractivity contribution in [1.82, 2.24) is 15.9 Å². The third-order valence-corrected chi connectivity index (χ3v) is 2.03. The average Bonchev–Trinajstić information content (AvgIpc) is 2.77. The molecule has 0 saturated carbocycles. The van der Waals surface area contributed by atoms with Crippen LogP contribution in [0, 0.1) is 0 Å². The van der Waals surface area contributed by atoms with Gasteiger partial charge in [0.2, 0.25) is 5.91 Å². The maximum atomic E-state index is 11.4. The number of hydrogen-bond acceptors (Lipinski definition) is 5. The maximum Gasteiger partial charge on any atom is 0.291 e.